The Bertz CT molecular complexity index is 872. The van der Waals surface area contributed by atoms with Crippen LogP contribution in [0.15, 0.2) is 75.4 Å². The molecule has 0 bridgehead atoms. The molecule has 0 aliphatic carbocycles. The highest BCUT2D eigenvalue weighted by atomic mass is 79.9. The topological polar surface area (TPSA) is 76.0 Å². The third-order valence-electron chi connectivity index (χ3n) is 3.39. The molecule has 24 heavy (non-hydrogen) atoms. The lowest BCUT2D eigenvalue weighted by Gasteiger charge is -2.03. The van der Waals surface area contributed by atoms with Gasteiger partial charge in [0.2, 0.25) is 5.78 Å². The van der Waals surface area contributed by atoms with Crippen molar-refractivity contribution in [2.24, 2.45) is 4.99 Å². The molecule has 1 aliphatic heterocycles. The fraction of sp³-hybridized carbons (Fsp3) is 0.0556. The minimum atomic E-state index is -0.759. The number of carbonyl (C=O) groups excluding carboxylic acids is 2. The summed E-state index contributed by atoms with van der Waals surface area (Å²) in [5.41, 5.74) is 0.892. The zero-order valence-corrected chi connectivity index (χ0v) is 14.0. The standard InChI is InChI=1S/C18H12BrNO4/c19-12-7-4-8-13(9-12)20-14-10-24-18(23)15(14)17(22)16(21)11-5-2-1-3-6-11/h1-9,22H,10H2/b17-15+,20-14?. The second kappa shape index (κ2) is 6.80. The van der Waals surface area contributed by atoms with Crippen LogP contribution in [0.25, 0.3) is 0 Å². The largest absolute Gasteiger partial charge is 0.503 e. The van der Waals surface area contributed by atoms with Crippen molar-refractivity contribution >= 4 is 39.1 Å². The van der Waals surface area contributed by atoms with Gasteiger partial charge in [-0.1, -0.05) is 52.3 Å². The fourth-order valence-corrected chi connectivity index (χ4v) is 2.65. The number of nitrogens with zero attached hydrogens (tertiary/aromatic N) is 1. The number of hydrogen-bond donors (Lipinski definition) is 1. The average Bonchev–Trinajstić information content (AvgIpc) is 2.95. The number of carbonyl (C=O) groups is 2. The van der Waals surface area contributed by atoms with Crippen molar-refractivity contribution in [2.45, 2.75) is 0 Å². The van der Waals surface area contributed by atoms with E-state index >= 15 is 0 Å². The number of esters is 1. The zero-order chi connectivity index (χ0) is 17.1. The molecule has 2 aromatic carbocycles. The second-order valence-corrected chi connectivity index (χ2v) is 5.95. The van der Waals surface area contributed by atoms with Gasteiger partial charge in [-0.3, -0.25) is 4.79 Å². The first-order valence-electron chi connectivity index (χ1n) is 7.10. The van der Waals surface area contributed by atoms with Gasteiger partial charge in [0.15, 0.2) is 5.76 Å². The van der Waals surface area contributed by atoms with Crippen LogP contribution < -0.4 is 0 Å². The Kier molecular flexibility index (Phi) is 4.57. The van der Waals surface area contributed by atoms with Crippen molar-refractivity contribution in [2.75, 3.05) is 6.61 Å². The molecule has 1 saturated heterocycles. The Balaban J connectivity index is 2.03. The Morgan fingerprint density at radius 2 is 1.88 bits per heavy atom. The van der Waals surface area contributed by atoms with E-state index < -0.39 is 17.5 Å². The van der Waals surface area contributed by atoms with Crippen molar-refractivity contribution in [1.29, 1.82) is 0 Å². The molecule has 3 rings (SSSR count). The molecule has 0 spiro atoms. The van der Waals surface area contributed by atoms with Crippen molar-refractivity contribution < 1.29 is 19.4 Å². The van der Waals surface area contributed by atoms with Gasteiger partial charge in [-0.05, 0) is 18.2 Å². The third kappa shape index (κ3) is 3.28. The van der Waals surface area contributed by atoms with Crippen LogP contribution in [0.1, 0.15) is 10.4 Å². The SMILES string of the molecule is O=C1OCC(=Nc2cccc(Br)c2)/C1=C(\O)C(=O)c1ccccc1. The van der Waals surface area contributed by atoms with Crippen LogP contribution in [0.3, 0.4) is 0 Å². The van der Waals surface area contributed by atoms with Crippen molar-refractivity contribution in [3.8, 4) is 0 Å². The zero-order valence-electron chi connectivity index (χ0n) is 12.4. The number of hydrogen-bond acceptors (Lipinski definition) is 5. The lowest BCUT2D eigenvalue weighted by molar-refractivity contribution is -0.135. The summed E-state index contributed by atoms with van der Waals surface area (Å²) in [4.78, 5) is 28.6. The number of cyclic esters (lactones) is 1. The molecule has 0 saturated carbocycles. The summed E-state index contributed by atoms with van der Waals surface area (Å²) in [5, 5.41) is 10.3. The number of benzene rings is 2. The highest BCUT2D eigenvalue weighted by molar-refractivity contribution is 9.10. The second-order valence-electron chi connectivity index (χ2n) is 5.03. The first-order valence-corrected chi connectivity index (χ1v) is 7.89. The van der Waals surface area contributed by atoms with Gasteiger partial charge in [-0.2, -0.15) is 0 Å². The Labute approximate surface area is 146 Å². The van der Waals surface area contributed by atoms with E-state index in [1.54, 1.807) is 48.5 Å². The molecule has 5 nitrogen and oxygen atoms in total. The van der Waals surface area contributed by atoms with Crippen LogP contribution in [0.5, 0.6) is 0 Å². The molecule has 1 fully saturated rings. The number of ether oxygens (including phenoxy) is 1. The number of aliphatic imine (C=N–C) groups is 1. The summed E-state index contributed by atoms with van der Waals surface area (Å²) < 4.78 is 5.76. The Morgan fingerprint density at radius 1 is 1.12 bits per heavy atom. The number of halogens is 1. The van der Waals surface area contributed by atoms with Gasteiger partial charge >= 0.3 is 5.97 Å². The van der Waals surface area contributed by atoms with Crippen molar-refractivity contribution in [1.82, 2.24) is 0 Å². The van der Waals surface area contributed by atoms with Gasteiger partial charge in [-0.15, -0.1) is 0 Å². The smallest absolute Gasteiger partial charge is 0.344 e. The average molecular weight is 386 g/mol. The van der Waals surface area contributed by atoms with Crippen LogP contribution in [0.4, 0.5) is 5.69 Å². The molecule has 0 aromatic heterocycles. The molecule has 1 N–H and O–H groups in total. The molecule has 2 aromatic rings. The Hall–Kier alpha value is -2.73. The quantitative estimate of drug-likeness (QED) is 0.377. The number of rotatable bonds is 3. The van der Waals surface area contributed by atoms with E-state index in [9.17, 15) is 14.7 Å². The first kappa shape index (κ1) is 16.1. The van der Waals surface area contributed by atoms with Gasteiger partial charge < -0.3 is 9.84 Å². The molecular formula is C18H12BrNO4. The number of allylic oxidation sites excluding steroid dienone is 1. The van der Waals surface area contributed by atoms with Gasteiger partial charge in [0.1, 0.15) is 12.2 Å². The van der Waals surface area contributed by atoms with E-state index in [2.05, 4.69) is 20.9 Å². The van der Waals surface area contributed by atoms with Crippen molar-refractivity contribution in [3.63, 3.8) is 0 Å². The molecule has 0 atom stereocenters. The van der Waals surface area contributed by atoms with Gasteiger partial charge in [-0.25, -0.2) is 9.79 Å². The molecule has 120 valence electrons. The van der Waals surface area contributed by atoms with Crippen LogP contribution in [0.2, 0.25) is 0 Å². The third-order valence-corrected chi connectivity index (χ3v) is 3.89. The first-order chi connectivity index (χ1) is 11.6. The van der Waals surface area contributed by atoms with Crippen LogP contribution >= 0.6 is 15.9 Å². The fourth-order valence-electron chi connectivity index (χ4n) is 2.26. The minimum Gasteiger partial charge on any atom is -0.503 e. The summed E-state index contributed by atoms with van der Waals surface area (Å²) in [5.74, 6) is -2.06. The molecule has 0 unspecified atom stereocenters. The summed E-state index contributed by atoms with van der Waals surface area (Å²) in [7, 11) is 0. The van der Waals surface area contributed by atoms with Crippen molar-refractivity contribution in [3.05, 3.63) is 76.0 Å². The molecule has 1 aliphatic rings. The number of ketones is 1. The molecule has 1 heterocycles. The molecule has 0 radical (unpaired) electrons. The highest BCUT2D eigenvalue weighted by Crippen LogP contribution is 2.24. The van der Waals surface area contributed by atoms with E-state index in [1.807, 2.05) is 6.07 Å². The van der Waals surface area contributed by atoms with E-state index in [-0.39, 0.29) is 23.5 Å². The minimum absolute atomic E-state index is 0.0905. The number of aliphatic hydroxyl groups excluding tert-OH is 1. The summed E-state index contributed by atoms with van der Waals surface area (Å²) >= 11 is 3.34. The van der Waals surface area contributed by atoms with Gasteiger partial charge in [0, 0.05) is 10.0 Å². The van der Waals surface area contributed by atoms with Crippen LogP contribution in [-0.4, -0.2) is 29.2 Å². The lowest BCUT2D eigenvalue weighted by Crippen LogP contribution is -2.13. The molecular weight excluding hydrogens is 374 g/mol. The lowest BCUT2D eigenvalue weighted by atomic mass is 10.0. The van der Waals surface area contributed by atoms with E-state index in [1.165, 1.54) is 0 Å². The van der Waals surface area contributed by atoms with E-state index in [4.69, 9.17) is 4.74 Å². The molecule has 6 heteroatoms. The highest BCUT2D eigenvalue weighted by Gasteiger charge is 2.33. The monoisotopic (exact) mass is 385 g/mol. The van der Waals surface area contributed by atoms with E-state index in [0.29, 0.717) is 5.69 Å². The normalized spacial score (nSPS) is 17.7. The predicted octanol–water partition coefficient (Wildman–Crippen LogP) is 3.77. The van der Waals surface area contributed by atoms with Gasteiger partial charge in [0.25, 0.3) is 0 Å². The Morgan fingerprint density at radius 3 is 2.58 bits per heavy atom. The van der Waals surface area contributed by atoms with E-state index in [0.717, 1.165) is 4.47 Å². The number of Topliss-reactive ketones (excluding diaryl/α,β-unsaturated/α-hetero) is 1. The van der Waals surface area contributed by atoms with Crippen LogP contribution in [0, 0.1) is 0 Å². The summed E-state index contributed by atoms with van der Waals surface area (Å²) in [6.07, 6.45) is 0. The van der Waals surface area contributed by atoms with Gasteiger partial charge in [0.05, 0.1) is 11.4 Å². The summed E-state index contributed by atoms with van der Waals surface area (Å²) in [6, 6.07) is 15.4. The number of aliphatic hydroxyl groups is 1. The maximum absolute atomic E-state index is 12.4. The predicted molar refractivity (Wildman–Crippen MR) is 92.6 cm³/mol. The maximum atomic E-state index is 12.4. The van der Waals surface area contributed by atoms with Crippen LogP contribution in [-0.2, 0) is 9.53 Å². The summed E-state index contributed by atoms with van der Waals surface area (Å²) in [6.45, 7) is -0.0905. The maximum Gasteiger partial charge on any atom is 0.344 e. The molecule has 0 amide bonds.